The highest BCUT2D eigenvalue weighted by Crippen LogP contribution is 2.42. The van der Waals surface area contributed by atoms with Crippen molar-refractivity contribution >= 4 is 43.6 Å². The van der Waals surface area contributed by atoms with Crippen molar-refractivity contribution in [2.45, 2.75) is 0 Å². The molecular weight excluding hydrogens is 611 g/mol. The van der Waals surface area contributed by atoms with Crippen LogP contribution in [0.1, 0.15) is 16.7 Å². The largest absolute Gasteiger partial charge is 0.309 e. The zero-order chi connectivity index (χ0) is 33.8. The van der Waals surface area contributed by atoms with E-state index in [1.807, 2.05) is 97.1 Å². The van der Waals surface area contributed by atoms with Crippen LogP contribution in [0, 0.1) is 34.0 Å². The monoisotopic (exact) mass is 635 g/mol. The van der Waals surface area contributed by atoms with E-state index < -0.39 is 0 Å². The fraction of sp³-hybridized carbons (Fsp3) is 0. The SMILES string of the molecule is N#Cc1ccc2c(c1)c1ccccc1n2-c1cccc(C#N)c1-c1ccccc1-c1ccc(-n2c3ccccc3c3ccccc32)cc1C#N. The summed E-state index contributed by atoms with van der Waals surface area (Å²) in [6.07, 6.45) is 0. The first-order chi connectivity index (χ1) is 24.7. The van der Waals surface area contributed by atoms with E-state index in [0.29, 0.717) is 16.7 Å². The molecule has 0 unspecified atom stereocenters. The second kappa shape index (κ2) is 11.4. The normalized spacial score (nSPS) is 11.1. The Labute approximate surface area is 287 Å². The third-order valence-corrected chi connectivity index (χ3v) is 9.65. The minimum Gasteiger partial charge on any atom is -0.309 e. The van der Waals surface area contributed by atoms with E-state index in [2.05, 4.69) is 81.9 Å². The van der Waals surface area contributed by atoms with Crippen LogP contribution in [0.15, 0.2) is 152 Å². The Balaban J connectivity index is 1.29. The Bertz CT molecular complexity index is 2920. The number of hydrogen-bond acceptors (Lipinski definition) is 3. The standard InChI is InChI=1S/C45H25N5/c46-26-29-20-23-43-39(24-29)37-14-5-8-18-42(37)50(43)44-19-9-10-30(27-47)45(44)38-15-2-1-11-34(38)33-22-21-32(25-31(33)28-48)49-40-16-6-3-12-35(40)36-13-4-7-17-41(36)49/h1-25H. The molecule has 0 aliphatic heterocycles. The van der Waals surface area contributed by atoms with Crippen molar-refractivity contribution in [3.63, 3.8) is 0 Å². The molecule has 0 fully saturated rings. The molecule has 0 saturated carbocycles. The van der Waals surface area contributed by atoms with Gasteiger partial charge in [0.2, 0.25) is 0 Å². The molecule has 0 bridgehead atoms. The lowest BCUT2D eigenvalue weighted by Crippen LogP contribution is -2.01. The molecule has 9 aromatic rings. The van der Waals surface area contributed by atoms with E-state index in [9.17, 15) is 15.8 Å². The van der Waals surface area contributed by atoms with Gasteiger partial charge in [0.1, 0.15) is 0 Å². The predicted molar refractivity (Wildman–Crippen MR) is 200 cm³/mol. The number of para-hydroxylation sites is 3. The molecule has 5 nitrogen and oxygen atoms in total. The first kappa shape index (κ1) is 28.8. The summed E-state index contributed by atoms with van der Waals surface area (Å²) in [7, 11) is 0. The highest BCUT2D eigenvalue weighted by atomic mass is 15.0. The fourth-order valence-electron chi connectivity index (χ4n) is 7.54. The zero-order valence-corrected chi connectivity index (χ0v) is 26.7. The van der Waals surface area contributed by atoms with Gasteiger partial charge in [-0.1, -0.05) is 91.0 Å². The maximum atomic E-state index is 10.6. The van der Waals surface area contributed by atoms with E-state index in [1.165, 1.54) is 0 Å². The quantitative estimate of drug-likeness (QED) is 0.193. The second-order valence-electron chi connectivity index (χ2n) is 12.3. The first-order valence-corrected chi connectivity index (χ1v) is 16.3. The minimum atomic E-state index is 0.523. The van der Waals surface area contributed by atoms with Crippen molar-refractivity contribution in [1.82, 2.24) is 9.13 Å². The Morgan fingerprint density at radius 1 is 0.380 bits per heavy atom. The minimum absolute atomic E-state index is 0.523. The topological polar surface area (TPSA) is 81.2 Å². The van der Waals surface area contributed by atoms with Crippen molar-refractivity contribution < 1.29 is 0 Å². The smallest absolute Gasteiger partial charge is 0.0998 e. The zero-order valence-electron chi connectivity index (χ0n) is 26.7. The molecule has 0 spiro atoms. The summed E-state index contributed by atoms with van der Waals surface area (Å²) >= 11 is 0. The van der Waals surface area contributed by atoms with Crippen LogP contribution in [-0.4, -0.2) is 9.13 Å². The predicted octanol–water partition coefficient (Wildman–Crippen LogP) is 10.8. The van der Waals surface area contributed by atoms with Gasteiger partial charge in [0.15, 0.2) is 0 Å². The fourth-order valence-corrected chi connectivity index (χ4v) is 7.54. The molecule has 5 heteroatoms. The summed E-state index contributed by atoms with van der Waals surface area (Å²) in [6, 6.07) is 57.6. The molecule has 0 aliphatic rings. The summed E-state index contributed by atoms with van der Waals surface area (Å²) in [6.45, 7) is 0. The average molecular weight is 636 g/mol. The van der Waals surface area contributed by atoms with Crippen molar-refractivity contribution in [1.29, 1.82) is 15.8 Å². The summed E-state index contributed by atoms with van der Waals surface area (Å²) in [5.41, 5.74) is 10.7. The molecule has 2 heterocycles. The van der Waals surface area contributed by atoms with Crippen LogP contribution < -0.4 is 0 Å². The lowest BCUT2D eigenvalue weighted by Gasteiger charge is -2.19. The molecule has 0 radical (unpaired) electrons. The van der Waals surface area contributed by atoms with Gasteiger partial charge in [-0.05, 0) is 71.8 Å². The number of aromatic nitrogens is 2. The van der Waals surface area contributed by atoms with Gasteiger partial charge in [-0.3, -0.25) is 0 Å². The summed E-state index contributed by atoms with van der Waals surface area (Å²) in [5.74, 6) is 0. The number of fused-ring (bicyclic) bond motifs is 6. The molecule has 9 rings (SSSR count). The molecular formula is C45H25N5. The lowest BCUT2D eigenvalue weighted by molar-refractivity contribution is 1.17. The third-order valence-electron chi connectivity index (χ3n) is 9.65. The van der Waals surface area contributed by atoms with Crippen LogP contribution in [0.3, 0.4) is 0 Å². The van der Waals surface area contributed by atoms with Crippen LogP contribution in [0.5, 0.6) is 0 Å². The van der Waals surface area contributed by atoms with Crippen LogP contribution in [-0.2, 0) is 0 Å². The van der Waals surface area contributed by atoms with E-state index in [4.69, 9.17) is 0 Å². The molecule has 0 aliphatic carbocycles. The van der Waals surface area contributed by atoms with Gasteiger partial charge in [0.05, 0.1) is 62.7 Å². The maximum absolute atomic E-state index is 10.6. The molecule has 7 aromatic carbocycles. The van der Waals surface area contributed by atoms with Crippen LogP contribution in [0.25, 0.3) is 77.2 Å². The van der Waals surface area contributed by atoms with E-state index in [0.717, 1.165) is 77.2 Å². The molecule has 0 saturated heterocycles. The van der Waals surface area contributed by atoms with Gasteiger partial charge in [-0.2, -0.15) is 15.8 Å². The van der Waals surface area contributed by atoms with Gasteiger partial charge in [0.25, 0.3) is 0 Å². The number of nitrogens with zero attached hydrogens (tertiary/aromatic N) is 5. The highest BCUT2D eigenvalue weighted by molar-refractivity contribution is 6.11. The van der Waals surface area contributed by atoms with Gasteiger partial charge >= 0.3 is 0 Å². The van der Waals surface area contributed by atoms with Crippen LogP contribution in [0.2, 0.25) is 0 Å². The van der Waals surface area contributed by atoms with Gasteiger partial charge in [-0.15, -0.1) is 0 Å². The summed E-state index contributed by atoms with van der Waals surface area (Å²) < 4.78 is 4.39. The Morgan fingerprint density at radius 3 is 1.62 bits per heavy atom. The summed E-state index contributed by atoms with van der Waals surface area (Å²) in [4.78, 5) is 0. The van der Waals surface area contributed by atoms with Gasteiger partial charge in [0, 0.05) is 38.4 Å². The van der Waals surface area contributed by atoms with Crippen LogP contribution >= 0.6 is 0 Å². The second-order valence-corrected chi connectivity index (χ2v) is 12.3. The summed E-state index contributed by atoms with van der Waals surface area (Å²) in [5, 5.41) is 35.1. The van der Waals surface area contributed by atoms with E-state index in [1.54, 1.807) is 0 Å². The van der Waals surface area contributed by atoms with E-state index in [-0.39, 0.29) is 0 Å². The maximum Gasteiger partial charge on any atom is 0.0998 e. The van der Waals surface area contributed by atoms with Crippen LogP contribution in [0.4, 0.5) is 0 Å². The highest BCUT2D eigenvalue weighted by Gasteiger charge is 2.22. The molecule has 50 heavy (non-hydrogen) atoms. The van der Waals surface area contributed by atoms with Crippen molar-refractivity contribution in [3.05, 3.63) is 168 Å². The molecule has 0 N–H and O–H groups in total. The van der Waals surface area contributed by atoms with Crippen molar-refractivity contribution in [3.8, 4) is 51.8 Å². The van der Waals surface area contributed by atoms with Crippen molar-refractivity contribution in [2.24, 2.45) is 0 Å². The average Bonchev–Trinajstić information content (AvgIpc) is 3.70. The van der Waals surface area contributed by atoms with E-state index >= 15 is 0 Å². The number of hydrogen-bond donors (Lipinski definition) is 0. The van der Waals surface area contributed by atoms with Crippen molar-refractivity contribution in [2.75, 3.05) is 0 Å². The molecule has 230 valence electrons. The number of rotatable bonds is 4. The Hall–Kier alpha value is -7.39. The first-order valence-electron chi connectivity index (χ1n) is 16.3. The Kier molecular flexibility index (Phi) is 6.56. The molecule has 2 aromatic heterocycles. The van der Waals surface area contributed by atoms with Gasteiger partial charge in [-0.25, -0.2) is 0 Å². The molecule has 0 atom stereocenters. The third kappa shape index (κ3) is 4.24. The number of benzene rings is 7. The molecule has 0 amide bonds. The number of nitriles is 3. The van der Waals surface area contributed by atoms with Gasteiger partial charge < -0.3 is 9.13 Å². The lowest BCUT2D eigenvalue weighted by atomic mass is 9.89. The Morgan fingerprint density at radius 2 is 0.960 bits per heavy atom.